The van der Waals surface area contributed by atoms with Gasteiger partial charge in [0, 0.05) is 18.8 Å². The lowest BCUT2D eigenvalue weighted by molar-refractivity contribution is -0.130. The number of likely N-dealkylation sites (tertiary alicyclic amines) is 1. The van der Waals surface area contributed by atoms with Crippen LogP contribution >= 0.6 is 23.1 Å². The Morgan fingerprint density at radius 1 is 1.27 bits per heavy atom. The Bertz CT molecular complexity index is 767. The number of hydrogen-bond acceptors (Lipinski definition) is 6. The van der Waals surface area contributed by atoms with E-state index in [0.717, 1.165) is 28.2 Å². The summed E-state index contributed by atoms with van der Waals surface area (Å²) in [5.74, 6) is 1.80. The molecule has 1 fully saturated rings. The third kappa shape index (κ3) is 4.98. The van der Waals surface area contributed by atoms with Gasteiger partial charge in [0.15, 0.2) is 4.34 Å². The molecule has 1 aromatic heterocycles. The van der Waals surface area contributed by atoms with Gasteiger partial charge in [-0.25, -0.2) is 0 Å². The van der Waals surface area contributed by atoms with Crippen molar-refractivity contribution in [1.82, 2.24) is 15.1 Å². The van der Waals surface area contributed by atoms with Crippen molar-refractivity contribution in [3.63, 3.8) is 0 Å². The van der Waals surface area contributed by atoms with Crippen molar-refractivity contribution >= 4 is 39.8 Å². The Morgan fingerprint density at radius 3 is 2.69 bits per heavy atom. The number of thioether (sulfide) groups is 1. The number of nitrogens with one attached hydrogen (secondary N) is 1. The SMILES string of the molecule is Cc1ccc(Nc2nnc(SCC(=O)N3C[C@H](C)C[C@H](C)C3)s2)c(C)c1. The van der Waals surface area contributed by atoms with E-state index < -0.39 is 0 Å². The summed E-state index contributed by atoms with van der Waals surface area (Å²) in [6.45, 7) is 10.3. The normalized spacial score (nSPS) is 20.2. The van der Waals surface area contributed by atoms with E-state index in [1.54, 1.807) is 0 Å². The van der Waals surface area contributed by atoms with E-state index in [9.17, 15) is 4.79 Å². The Balaban J connectivity index is 1.54. The van der Waals surface area contributed by atoms with Gasteiger partial charge in [0.2, 0.25) is 11.0 Å². The van der Waals surface area contributed by atoms with E-state index in [-0.39, 0.29) is 5.91 Å². The highest BCUT2D eigenvalue weighted by molar-refractivity contribution is 8.01. The average Bonchev–Trinajstić information content (AvgIpc) is 3.02. The summed E-state index contributed by atoms with van der Waals surface area (Å²) >= 11 is 2.97. The molecule has 0 unspecified atom stereocenters. The second kappa shape index (κ2) is 8.39. The van der Waals surface area contributed by atoms with Crippen LogP contribution in [0.5, 0.6) is 0 Å². The Hall–Kier alpha value is -1.60. The number of aryl methyl sites for hydroxylation is 2. The first-order valence-corrected chi connectivity index (χ1v) is 10.8. The third-order valence-electron chi connectivity index (χ3n) is 4.57. The Morgan fingerprint density at radius 2 is 2.00 bits per heavy atom. The number of carbonyl (C=O) groups excluding carboxylic acids is 1. The number of carbonyl (C=O) groups is 1. The van der Waals surface area contributed by atoms with Gasteiger partial charge in [-0.1, -0.05) is 54.6 Å². The van der Waals surface area contributed by atoms with Gasteiger partial charge in [0.25, 0.3) is 0 Å². The molecule has 1 aliphatic heterocycles. The van der Waals surface area contributed by atoms with Crippen LogP contribution in [0.25, 0.3) is 0 Å². The average molecular weight is 391 g/mol. The van der Waals surface area contributed by atoms with E-state index in [0.29, 0.717) is 17.6 Å². The van der Waals surface area contributed by atoms with Crippen LogP contribution in [0.3, 0.4) is 0 Å². The molecule has 1 N–H and O–H groups in total. The molecule has 1 amide bonds. The van der Waals surface area contributed by atoms with Crippen LogP contribution in [-0.2, 0) is 4.79 Å². The van der Waals surface area contributed by atoms with E-state index in [2.05, 4.69) is 61.4 Å². The third-order valence-corrected chi connectivity index (χ3v) is 6.53. The van der Waals surface area contributed by atoms with Crippen LogP contribution in [0.15, 0.2) is 22.5 Å². The molecule has 5 nitrogen and oxygen atoms in total. The van der Waals surface area contributed by atoms with Gasteiger partial charge in [-0.2, -0.15) is 0 Å². The summed E-state index contributed by atoms with van der Waals surface area (Å²) in [7, 11) is 0. The molecule has 1 aliphatic rings. The number of hydrogen-bond donors (Lipinski definition) is 1. The fourth-order valence-electron chi connectivity index (χ4n) is 3.47. The highest BCUT2D eigenvalue weighted by Gasteiger charge is 2.25. The van der Waals surface area contributed by atoms with Gasteiger partial charge in [-0.15, -0.1) is 10.2 Å². The number of amides is 1. The van der Waals surface area contributed by atoms with Crippen LogP contribution in [0.1, 0.15) is 31.4 Å². The first kappa shape index (κ1) is 19.2. The van der Waals surface area contributed by atoms with E-state index in [1.807, 2.05) is 4.90 Å². The number of aromatic nitrogens is 2. The molecule has 0 saturated carbocycles. The first-order valence-electron chi connectivity index (χ1n) is 8.99. The summed E-state index contributed by atoms with van der Waals surface area (Å²) in [5.41, 5.74) is 3.45. The molecule has 3 rings (SSSR count). The van der Waals surface area contributed by atoms with Gasteiger partial charge in [-0.05, 0) is 43.7 Å². The topological polar surface area (TPSA) is 58.1 Å². The molecule has 0 bridgehead atoms. The summed E-state index contributed by atoms with van der Waals surface area (Å²) < 4.78 is 0.823. The largest absolute Gasteiger partial charge is 0.341 e. The van der Waals surface area contributed by atoms with Crippen molar-refractivity contribution in [3.8, 4) is 0 Å². The Kier molecular flexibility index (Phi) is 6.19. The maximum Gasteiger partial charge on any atom is 0.233 e. The predicted octanol–water partition coefficient (Wildman–Crippen LogP) is 4.50. The van der Waals surface area contributed by atoms with E-state index >= 15 is 0 Å². The van der Waals surface area contributed by atoms with Crippen LogP contribution in [-0.4, -0.2) is 39.8 Å². The second-order valence-corrected chi connectivity index (χ2v) is 9.55. The molecule has 1 saturated heterocycles. The minimum atomic E-state index is 0.201. The monoisotopic (exact) mass is 390 g/mol. The maximum atomic E-state index is 12.5. The van der Waals surface area contributed by atoms with Gasteiger partial charge < -0.3 is 10.2 Å². The predicted molar refractivity (Wildman–Crippen MR) is 109 cm³/mol. The summed E-state index contributed by atoms with van der Waals surface area (Å²) in [6, 6.07) is 6.27. The zero-order valence-electron chi connectivity index (χ0n) is 15.8. The molecule has 140 valence electrons. The summed E-state index contributed by atoms with van der Waals surface area (Å²) in [6.07, 6.45) is 1.21. The molecule has 2 heterocycles. The van der Waals surface area contributed by atoms with Crippen molar-refractivity contribution in [1.29, 1.82) is 0 Å². The molecular formula is C19H26N4OS2. The van der Waals surface area contributed by atoms with Gasteiger partial charge in [-0.3, -0.25) is 4.79 Å². The minimum absolute atomic E-state index is 0.201. The van der Waals surface area contributed by atoms with Gasteiger partial charge in [0.05, 0.1) is 5.75 Å². The molecular weight excluding hydrogens is 364 g/mol. The highest BCUT2D eigenvalue weighted by Crippen LogP contribution is 2.29. The fourth-order valence-corrected chi connectivity index (χ4v) is 5.14. The van der Waals surface area contributed by atoms with Crippen LogP contribution < -0.4 is 5.32 Å². The first-order chi connectivity index (χ1) is 12.4. The molecule has 2 atom stereocenters. The zero-order valence-corrected chi connectivity index (χ0v) is 17.4. The van der Waals surface area contributed by atoms with Gasteiger partial charge in [0.1, 0.15) is 0 Å². The molecule has 1 aromatic carbocycles. The second-order valence-electron chi connectivity index (χ2n) is 7.35. The van der Waals surface area contributed by atoms with Crippen molar-refractivity contribution < 1.29 is 4.79 Å². The molecule has 0 spiro atoms. The molecule has 7 heteroatoms. The standard InChI is InChI=1S/C19H26N4OS2/c1-12-5-6-16(15(4)8-12)20-18-21-22-19(26-18)25-11-17(24)23-9-13(2)7-14(3)10-23/h5-6,8,13-14H,7,9-11H2,1-4H3,(H,20,21)/t13-,14+. The van der Waals surface area contributed by atoms with Gasteiger partial charge >= 0.3 is 0 Å². The highest BCUT2D eigenvalue weighted by atomic mass is 32.2. The molecule has 2 aromatic rings. The van der Waals surface area contributed by atoms with E-state index in [1.165, 1.54) is 40.6 Å². The van der Waals surface area contributed by atoms with Crippen molar-refractivity contribution in [3.05, 3.63) is 29.3 Å². The lowest BCUT2D eigenvalue weighted by Gasteiger charge is -2.34. The van der Waals surface area contributed by atoms with Crippen LogP contribution in [0, 0.1) is 25.7 Å². The van der Waals surface area contributed by atoms with Crippen LogP contribution in [0.4, 0.5) is 10.8 Å². The Labute approximate surface area is 163 Å². The lowest BCUT2D eigenvalue weighted by Crippen LogP contribution is -2.43. The van der Waals surface area contributed by atoms with Crippen molar-refractivity contribution in [2.24, 2.45) is 11.8 Å². The van der Waals surface area contributed by atoms with Crippen molar-refractivity contribution in [2.75, 3.05) is 24.2 Å². The smallest absolute Gasteiger partial charge is 0.233 e. The minimum Gasteiger partial charge on any atom is -0.341 e. The van der Waals surface area contributed by atoms with E-state index in [4.69, 9.17) is 0 Å². The lowest BCUT2D eigenvalue weighted by atomic mass is 9.92. The molecule has 26 heavy (non-hydrogen) atoms. The van der Waals surface area contributed by atoms with Crippen molar-refractivity contribution in [2.45, 2.75) is 38.5 Å². The summed E-state index contributed by atoms with van der Waals surface area (Å²) in [4.78, 5) is 14.5. The summed E-state index contributed by atoms with van der Waals surface area (Å²) in [5, 5.41) is 12.5. The number of nitrogens with zero attached hydrogens (tertiary/aromatic N) is 3. The molecule has 0 aliphatic carbocycles. The number of piperidine rings is 1. The number of benzene rings is 1. The fraction of sp³-hybridized carbons (Fsp3) is 0.526. The quantitative estimate of drug-likeness (QED) is 0.762. The zero-order chi connectivity index (χ0) is 18.7. The number of anilines is 2. The van der Waals surface area contributed by atoms with Crippen LogP contribution in [0.2, 0.25) is 0 Å². The molecule has 0 radical (unpaired) electrons. The number of rotatable bonds is 5. The maximum absolute atomic E-state index is 12.5.